The Morgan fingerprint density at radius 2 is 1.88 bits per heavy atom. The third kappa shape index (κ3) is 5.51. The van der Waals surface area contributed by atoms with Crippen LogP contribution in [0.2, 0.25) is 0 Å². The molecule has 1 saturated heterocycles. The number of nitrogens with one attached hydrogen (secondary N) is 1. The minimum Gasteiger partial charge on any atom is -0.378 e. The van der Waals surface area contributed by atoms with Gasteiger partial charge in [0, 0.05) is 24.8 Å². The van der Waals surface area contributed by atoms with E-state index in [-0.39, 0.29) is 24.0 Å². The number of anilines is 1. The number of rotatable bonds is 4. The third-order valence-electron chi connectivity index (χ3n) is 4.72. The summed E-state index contributed by atoms with van der Waals surface area (Å²) in [5.74, 6) is 0.577. The molecular weight excluding hydrogens is 415 g/mol. The van der Waals surface area contributed by atoms with Crippen LogP contribution >= 0.6 is 24.0 Å². The molecule has 3 rings (SSSR count). The monoisotopic (exact) mass is 444 g/mol. The van der Waals surface area contributed by atoms with Crippen LogP contribution in [0.15, 0.2) is 29.3 Å². The van der Waals surface area contributed by atoms with Crippen molar-refractivity contribution in [2.75, 3.05) is 31.2 Å². The number of nitrogens with two attached hydrogens (primary N) is 1. The molecule has 0 spiro atoms. The van der Waals surface area contributed by atoms with E-state index in [1.165, 1.54) is 43.4 Å². The molecule has 1 aliphatic heterocycles. The first-order valence-corrected chi connectivity index (χ1v) is 8.80. The predicted octanol–water partition coefficient (Wildman–Crippen LogP) is 2.88. The summed E-state index contributed by atoms with van der Waals surface area (Å²) in [6.45, 7) is 4.10. The number of ether oxygens (including phenoxy) is 1. The number of para-hydroxylation sites is 1. The molecule has 134 valence electrons. The molecule has 2 fully saturated rings. The molecule has 1 aromatic carbocycles. The molecule has 0 aromatic heterocycles. The van der Waals surface area contributed by atoms with Crippen molar-refractivity contribution in [1.29, 1.82) is 0 Å². The largest absolute Gasteiger partial charge is 0.378 e. The number of halogens is 1. The van der Waals surface area contributed by atoms with Crippen molar-refractivity contribution < 1.29 is 4.74 Å². The molecular formula is C18H29IN4O. The molecule has 1 heterocycles. The van der Waals surface area contributed by atoms with Gasteiger partial charge in [0.15, 0.2) is 5.96 Å². The van der Waals surface area contributed by atoms with E-state index < -0.39 is 0 Å². The summed E-state index contributed by atoms with van der Waals surface area (Å²) in [5, 5.41) is 3.38. The van der Waals surface area contributed by atoms with E-state index in [1.54, 1.807) is 0 Å². The van der Waals surface area contributed by atoms with Crippen LogP contribution in [0.25, 0.3) is 0 Å². The SMILES string of the molecule is I.NC(=NCc1ccccc1N1CCOCC1)NC1CCCCC1. The number of hydrogen-bond acceptors (Lipinski definition) is 3. The lowest BCUT2D eigenvalue weighted by molar-refractivity contribution is 0.122. The van der Waals surface area contributed by atoms with Crippen LogP contribution in [0.1, 0.15) is 37.7 Å². The highest BCUT2D eigenvalue weighted by molar-refractivity contribution is 14.0. The molecule has 0 unspecified atom stereocenters. The Morgan fingerprint density at radius 1 is 1.17 bits per heavy atom. The van der Waals surface area contributed by atoms with Crippen LogP contribution in [0.5, 0.6) is 0 Å². The number of aliphatic imine (C=N–C) groups is 1. The molecule has 0 amide bonds. The van der Waals surface area contributed by atoms with Gasteiger partial charge in [-0.05, 0) is 24.5 Å². The molecule has 1 saturated carbocycles. The van der Waals surface area contributed by atoms with Gasteiger partial charge in [0.05, 0.1) is 19.8 Å². The van der Waals surface area contributed by atoms with Crippen molar-refractivity contribution in [3.05, 3.63) is 29.8 Å². The molecule has 0 radical (unpaired) electrons. The fraction of sp³-hybridized carbons (Fsp3) is 0.611. The quantitative estimate of drug-likeness (QED) is 0.426. The number of nitrogens with zero attached hydrogens (tertiary/aromatic N) is 2. The van der Waals surface area contributed by atoms with Gasteiger partial charge < -0.3 is 20.7 Å². The van der Waals surface area contributed by atoms with E-state index in [4.69, 9.17) is 10.5 Å². The van der Waals surface area contributed by atoms with Gasteiger partial charge in [0.2, 0.25) is 0 Å². The van der Waals surface area contributed by atoms with Crippen molar-refractivity contribution in [3.63, 3.8) is 0 Å². The predicted molar refractivity (Wildman–Crippen MR) is 110 cm³/mol. The van der Waals surface area contributed by atoms with Crippen LogP contribution in [0.4, 0.5) is 5.69 Å². The number of benzene rings is 1. The van der Waals surface area contributed by atoms with Crippen molar-refractivity contribution in [3.8, 4) is 0 Å². The average Bonchev–Trinajstić information content (AvgIpc) is 2.62. The van der Waals surface area contributed by atoms with Crippen LogP contribution in [0.3, 0.4) is 0 Å². The van der Waals surface area contributed by atoms with Gasteiger partial charge in [0.1, 0.15) is 0 Å². The van der Waals surface area contributed by atoms with Gasteiger partial charge in [-0.1, -0.05) is 37.5 Å². The Kier molecular flexibility index (Phi) is 8.11. The van der Waals surface area contributed by atoms with Gasteiger partial charge in [0.25, 0.3) is 0 Å². The van der Waals surface area contributed by atoms with Gasteiger partial charge in [-0.2, -0.15) is 0 Å². The summed E-state index contributed by atoms with van der Waals surface area (Å²) in [6, 6.07) is 8.96. The average molecular weight is 444 g/mol. The molecule has 2 aliphatic rings. The van der Waals surface area contributed by atoms with Crippen LogP contribution < -0.4 is 16.0 Å². The Balaban J connectivity index is 0.00000208. The zero-order valence-electron chi connectivity index (χ0n) is 14.2. The Labute approximate surface area is 162 Å². The second-order valence-corrected chi connectivity index (χ2v) is 6.41. The fourth-order valence-electron chi connectivity index (χ4n) is 3.43. The standard InChI is InChI=1S/C18H28N4O.HI/c19-18(21-16-7-2-1-3-8-16)20-14-15-6-4-5-9-17(15)22-10-12-23-13-11-22;/h4-6,9,16H,1-3,7-8,10-14H2,(H3,19,20,21);1H. The minimum atomic E-state index is 0. The van der Waals surface area contributed by atoms with E-state index in [1.807, 2.05) is 0 Å². The number of morpholine rings is 1. The number of hydrogen-bond donors (Lipinski definition) is 2. The van der Waals surface area contributed by atoms with Crippen molar-refractivity contribution in [2.24, 2.45) is 10.7 Å². The fourth-order valence-corrected chi connectivity index (χ4v) is 3.43. The van der Waals surface area contributed by atoms with Crippen molar-refractivity contribution >= 4 is 35.6 Å². The van der Waals surface area contributed by atoms with E-state index in [0.29, 0.717) is 18.5 Å². The third-order valence-corrected chi connectivity index (χ3v) is 4.72. The maximum atomic E-state index is 6.09. The van der Waals surface area contributed by atoms with Crippen LogP contribution in [-0.4, -0.2) is 38.3 Å². The van der Waals surface area contributed by atoms with Crippen LogP contribution in [-0.2, 0) is 11.3 Å². The lowest BCUT2D eigenvalue weighted by atomic mass is 9.96. The topological polar surface area (TPSA) is 62.9 Å². The van der Waals surface area contributed by atoms with Crippen molar-refractivity contribution in [1.82, 2.24) is 5.32 Å². The zero-order chi connectivity index (χ0) is 15.9. The van der Waals surface area contributed by atoms with Gasteiger partial charge in [-0.3, -0.25) is 0 Å². The highest BCUT2D eigenvalue weighted by atomic mass is 127. The van der Waals surface area contributed by atoms with E-state index in [9.17, 15) is 0 Å². The van der Waals surface area contributed by atoms with Gasteiger partial charge in [-0.25, -0.2) is 4.99 Å². The highest BCUT2D eigenvalue weighted by Gasteiger charge is 2.15. The smallest absolute Gasteiger partial charge is 0.189 e. The Morgan fingerprint density at radius 3 is 2.62 bits per heavy atom. The molecule has 3 N–H and O–H groups in total. The molecule has 24 heavy (non-hydrogen) atoms. The molecule has 5 nitrogen and oxygen atoms in total. The molecule has 1 aromatic rings. The van der Waals surface area contributed by atoms with Crippen molar-refractivity contribution in [2.45, 2.75) is 44.7 Å². The summed E-state index contributed by atoms with van der Waals surface area (Å²) in [6.07, 6.45) is 6.36. The Bertz CT molecular complexity index is 526. The summed E-state index contributed by atoms with van der Waals surface area (Å²) < 4.78 is 5.44. The summed E-state index contributed by atoms with van der Waals surface area (Å²) >= 11 is 0. The highest BCUT2D eigenvalue weighted by Crippen LogP contribution is 2.22. The maximum Gasteiger partial charge on any atom is 0.189 e. The lowest BCUT2D eigenvalue weighted by Gasteiger charge is -2.30. The summed E-state index contributed by atoms with van der Waals surface area (Å²) in [7, 11) is 0. The van der Waals surface area contributed by atoms with Crippen LogP contribution in [0, 0.1) is 0 Å². The minimum absolute atomic E-state index is 0. The second-order valence-electron chi connectivity index (χ2n) is 6.41. The second kappa shape index (κ2) is 10.1. The molecule has 1 aliphatic carbocycles. The number of guanidine groups is 1. The normalized spacial score (nSPS) is 19.7. The van der Waals surface area contributed by atoms with Gasteiger partial charge in [-0.15, -0.1) is 24.0 Å². The summed E-state index contributed by atoms with van der Waals surface area (Å²) in [4.78, 5) is 6.94. The maximum absolute atomic E-state index is 6.09. The lowest BCUT2D eigenvalue weighted by Crippen LogP contribution is -2.41. The van der Waals surface area contributed by atoms with Gasteiger partial charge >= 0.3 is 0 Å². The molecule has 0 bridgehead atoms. The first-order chi connectivity index (χ1) is 11.3. The van der Waals surface area contributed by atoms with E-state index in [0.717, 1.165) is 26.3 Å². The first-order valence-electron chi connectivity index (χ1n) is 8.80. The zero-order valence-corrected chi connectivity index (χ0v) is 16.6. The summed E-state index contributed by atoms with van der Waals surface area (Å²) in [5.41, 5.74) is 8.57. The molecule has 6 heteroatoms. The molecule has 0 atom stereocenters. The van der Waals surface area contributed by atoms with E-state index >= 15 is 0 Å². The Hall–Kier alpha value is -1.02. The first kappa shape index (κ1) is 19.3. The van der Waals surface area contributed by atoms with E-state index in [2.05, 4.69) is 39.5 Å².